The number of rotatable bonds is 4. The first kappa shape index (κ1) is 14.8. The first-order valence-electron chi connectivity index (χ1n) is 8.36. The molecular formula is C17H28N4. The lowest BCUT2D eigenvalue weighted by Crippen LogP contribution is -2.55. The van der Waals surface area contributed by atoms with Crippen LogP contribution in [0.2, 0.25) is 0 Å². The van der Waals surface area contributed by atoms with Gasteiger partial charge in [0, 0.05) is 37.9 Å². The Bertz CT molecular complexity index is 488. The zero-order chi connectivity index (χ0) is 14.8. The Kier molecular flexibility index (Phi) is 4.45. The lowest BCUT2D eigenvalue weighted by Gasteiger charge is -2.43. The van der Waals surface area contributed by atoms with Crippen LogP contribution >= 0.6 is 0 Å². The summed E-state index contributed by atoms with van der Waals surface area (Å²) in [5.74, 6) is 1.19. The quantitative estimate of drug-likeness (QED) is 0.920. The van der Waals surface area contributed by atoms with Crippen LogP contribution in [-0.4, -0.2) is 48.1 Å². The second kappa shape index (κ2) is 6.32. The second-order valence-electron chi connectivity index (χ2n) is 6.56. The maximum atomic E-state index is 4.79. The Morgan fingerprint density at radius 3 is 3.00 bits per heavy atom. The van der Waals surface area contributed by atoms with Crippen molar-refractivity contribution in [1.29, 1.82) is 0 Å². The first-order valence-corrected chi connectivity index (χ1v) is 8.36. The molecule has 0 aromatic carbocycles. The summed E-state index contributed by atoms with van der Waals surface area (Å²) in [6, 6.07) is 3.59. The third kappa shape index (κ3) is 3.06. The van der Waals surface area contributed by atoms with Crippen molar-refractivity contribution in [2.75, 3.05) is 31.1 Å². The number of fused-ring (bicyclic) bond motifs is 1. The standard InChI is InChI=1S/C17H28N4/c1-4-18-9-15-8-13(2)17(19-10-15)21-12-16-6-5-7-20(16)11-14(21)3/h8,10,14,16,18H,4-7,9,11-12H2,1-3H3. The molecule has 4 nitrogen and oxygen atoms in total. The highest BCUT2D eigenvalue weighted by Gasteiger charge is 2.35. The van der Waals surface area contributed by atoms with E-state index in [1.54, 1.807) is 0 Å². The Morgan fingerprint density at radius 2 is 2.24 bits per heavy atom. The molecule has 3 rings (SSSR count). The summed E-state index contributed by atoms with van der Waals surface area (Å²) in [7, 11) is 0. The topological polar surface area (TPSA) is 31.4 Å². The molecular weight excluding hydrogens is 260 g/mol. The highest BCUT2D eigenvalue weighted by atomic mass is 15.3. The van der Waals surface area contributed by atoms with E-state index >= 15 is 0 Å². The van der Waals surface area contributed by atoms with Crippen LogP contribution in [0.3, 0.4) is 0 Å². The van der Waals surface area contributed by atoms with Crippen LogP contribution in [0.5, 0.6) is 0 Å². The molecule has 21 heavy (non-hydrogen) atoms. The Morgan fingerprint density at radius 1 is 1.38 bits per heavy atom. The fourth-order valence-electron chi connectivity index (χ4n) is 3.77. The smallest absolute Gasteiger partial charge is 0.131 e. The maximum Gasteiger partial charge on any atom is 0.131 e. The minimum atomic E-state index is 0.560. The molecule has 4 heteroatoms. The summed E-state index contributed by atoms with van der Waals surface area (Å²) in [6.07, 6.45) is 4.75. The molecule has 0 aliphatic carbocycles. The zero-order valence-corrected chi connectivity index (χ0v) is 13.6. The fraction of sp³-hybridized carbons (Fsp3) is 0.706. The molecule has 2 unspecified atom stereocenters. The van der Waals surface area contributed by atoms with Gasteiger partial charge in [-0.25, -0.2) is 4.98 Å². The van der Waals surface area contributed by atoms with E-state index in [0.717, 1.165) is 25.7 Å². The SMILES string of the molecule is CCNCc1cnc(N2CC3CCCN3CC2C)c(C)c1. The monoisotopic (exact) mass is 288 g/mol. The number of hydrogen-bond acceptors (Lipinski definition) is 4. The van der Waals surface area contributed by atoms with Crippen LogP contribution in [0.1, 0.15) is 37.8 Å². The Labute approximate surface area is 128 Å². The lowest BCUT2D eigenvalue weighted by atomic mass is 10.1. The Hall–Kier alpha value is -1.13. The van der Waals surface area contributed by atoms with Gasteiger partial charge in [0.15, 0.2) is 0 Å². The third-order valence-corrected chi connectivity index (χ3v) is 4.90. The van der Waals surface area contributed by atoms with Crippen molar-refractivity contribution in [3.05, 3.63) is 23.4 Å². The van der Waals surface area contributed by atoms with Crippen molar-refractivity contribution in [3.63, 3.8) is 0 Å². The zero-order valence-electron chi connectivity index (χ0n) is 13.6. The van der Waals surface area contributed by atoms with Crippen molar-refractivity contribution >= 4 is 5.82 Å². The minimum absolute atomic E-state index is 0.560. The van der Waals surface area contributed by atoms with E-state index in [1.807, 2.05) is 6.20 Å². The summed E-state index contributed by atoms with van der Waals surface area (Å²) in [4.78, 5) is 9.98. The number of aromatic nitrogens is 1. The van der Waals surface area contributed by atoms with Gasteiger partial charge in [-0.3, -0.25) is 4.90 Å². The predicted molar refractivity (Wildman–Crippen MR) is 87.8 cm³/mol. The normalized spacial score (nSPS) is 26.1. The molecule has 1 N–H and O–H groups in total. The summed E-state index contributed by atoms with van der Waals surface area (Å²) >= 11 is 0. The van der Waals surface area contributed by atoms with Gasteiger partial charge in [-0.2, -0.15) is 0 Å². The molecule has 2 aliphatic heterocycles. The van der Waals surface area contributed by atoms with E-state index in [4.69, 9.17) is 4.98 Å². The van der Waals surface area contributed by atoms with Crippen molar-refractivity contribution < 1.29 is 0 Å². The van der Waals surface area contributed by atoms with Crippen molar-refractivity contribution in [1.82, 2.24) is 15.2 Å². The first-order chi connectivity index (χ1) is 10.2. The van der Waals surface area contributed by atoms with E-state index in [2.05, 4.69) is 42.0 Å². The maximum absolute atomic E-state index is 4.79. The number of nitrogens with zero attached hydrogens (tertiary/aromatic N) is 3. The van der Waals surface area contributed by atoms with E-state index in [1.165, 1.54) is 42.9 Å². The number of anilines is 1. The number of nitrogens with one attached hydrogen (secondary N) is 1. The van der Waals surface area contributed by atoms with E-state index in [0.29, 0.717) is 6.04 Å². The number of piperazine rings is 1. The van der Waals surface area contributed by atoms with E-state index in [9.17, 15) is 0 Å². The summed E-state index contributed by atoms with van der Waals surface area (Å²) in [5.41, 5.74) is 2.59. The molecule has 2 saturated heterocycles. The molecule has 0 amide bonds. The lowest BCUT2D eigenvalue weighted by molar-refractivity contribution is 0.202. The van der Waals surface area contributed by atoms with E-state index in [-0.39, 0.29) is 0 Å². The van der Waals surface area contributed by atoms with Gasteiger partial charge in [-0.05, 0) is 57.0 Å². The van der Waals surface area contributed by atoms with Gasteiger partial charge in [0.1, 0.15) is 5.82 Å². The van der Waals surface area contributed by atoms with Crippen LogP contribution in [0.4, 0.5) is 5.82 Å². The highest BCUT2D eigenvalue weighted by Crippen LogP contribution is 2.29. The summed E-state index contributed by atoms with van der Waals surface area (Å²) in [6.45, 7) is 12.2. The van der Waals surface area contributed by atoms with Gasteiger partial charge in [0.25, 0.3) is 0 Å². The van der Waals surface area contributed by atoms with Gasteiger partial charge in [-0.15, -0.1) is 0 Å². The van der Waals surface area contributed by atoms with Crippen LogP contribution in [0.25, 0.3) is 0 Å². The summed E-state index contributed by atoms with van der Waals surface area (Å²) < 4.78 is 0. The molecule has 0 radical (unpaired) electrons. The molecule has 2 aliphatic rings. The van der Waals surface area contributed by atoms with Gasteiger partial charge in [0.2, 0.25) is 0 Å². The van der Waals surface area contributed by atoms with Crippen molar-refractivity contribution in [3.8, 4) is 0 Å². The predicted octanol–water partition coefficient (Wildman–Crippen LogP) is 2.17. The fourth-order valence-corrected chi connectivity index (χ4v) is 3.77. The molecule has 0 saturated carbocycles. The van der Waals surface area contributed by atoms with E-state index < -0.39 is 0 Å². The van der Waals surface area contributed by atoms with Crippen molar-refractivity contribution in [2.24, 2.45) is 0 Å². The highest BCUT2D eigenvalue weighted by molar-refractivity contribution is 5.49. The average Bonchev–Trinajstić information content (AvgIpc) is 2.91. The average molecular weight is 288 g/mol. The van der Waals surface area contributed by atoms with Gasteiger partial charge in [-0.1, -0.05) is 6.92 Å². The number of hydrogen-bond donors (Lipinski definition) is 1. The number of pyridine rings is 1. The molecule has 1 aromatic heterocycles. The molecule has 116 valence electrons. The Balaban J connectivity index is 1.76. The van der Waals surface area contributed by atoms with Crippen LogP contribution in [0.15, 0.2) is 12.3 Å². The van der Waals surface area contributed by atoms with Crippen molar-refractivity contribution in [2.45, 2.75) is 52.2 Å². The molecule has 3 heterocycles. The third-order valence-electron chi connectivity index (χ3n) is 4.90. The van der Waals surface area contributed by atoms with Gasteiger partial charge < -0.3 is 10.2 Å². The minimum Gasteiger partial charge on any atom is -0.351 e. The van der Waals surface area contributed by atoms with Gasteiger partial charge >= 0.3 is 0 Å². The second-order valence-corrected chi connectivity index (χ2v) is 6.56. The van der Waals surface area contributed by atoms with Crippen LogP contribution in [0, 0.1) is 6.92 Å². The molecule has 0 bridgehead atoms. The summed E-state index contributed by atoms with van der Waals surface area (Å²) in [5, 5.41) is 3.37. The molecule has 2 atom stereocenters. The van der Waals surface area contributed by atoms with Crippen LogP contribution < -0.4 is 10.2 Å². The largest absolute Gasteiger partial charge is 0.351 e. The van der Waals surface area contributed by atoms with Crippen LogP contribution in [-0.2, 0) is 6.54 Å². The number of aryl methyl sites for hydroxylation is 1. The molecule has 0 spiro atoms. The molecule has 1 aromatic rings. The molecule has 2 fully saturated rings. The van der Waals surface area contributed by atoms with Gasteiger partial charge in [0.05, 0.1) is 0 Å².